The molecule has 9 heteroatoms. The largest absolute Gasteiger partial charge is 0.465 e. The lowest BCUT2D eigenvalue weighted by molar-refractivity contribution is -0.138. The summed E-state index contributed by atoms with van der Waals surface area (Å²) in [5, 5.41) is 13.2. The Morgan fingerprint density at radius 1 is 1.30 bits per heavy atom. The van der Waals surface area contributed by atoms with E-state index in [0.29, 0.717) is 16.8 Å². The summed E-state index contributed by atoms with van der Waals surface area (Å²) in [6, 6.07) is 9.00. The van der Waals surface area contributed by atoms with Crippen LogP contribution in [0.1, 0.15) is 28.7 Å². The molecule has 0 fully saturated rings. The Morgan fingerprint density at radius 3 is 2.77 bits per heavy atom. The molecule has 0 unspecified atom stereocenters. The number of alkyl halides is 3. The number of fused-ring (bicyclic) bond motifs is 1. The first-order valence-corrected chi connectivity index (χ1v) is 8.79. The third-order valence-corrected chi connectivity index (χ3v) is 4.26. The van der Waals surface area contributed by atoms with Gasteiger partial charge in [0, 0.05) is 5.56 Å². The van der Waals surface area contributed by atoms with E-state index in [1.807, 2.05) is 0 Å². The van der Waals surface area contributed by atoms with Crippen LogP contribution >= 0.6 is 0 Å². The molecule has 1 heterocycles. The molecule has 2 aromatic carbocycles. The van der Waals surface area contributed by atoms with Crippen LogP contribution in [0.2, 0.25) is 0 Å². The molecular weight excluding hydrogens is 399 g/mol. The minimum absolute atomic E-state index is 0.00335. The number of rotatable bonds is 2. The molecule has 0 bridgehead atoms. The monoisotopic (exact) mass is 415 g/mol. The molecule has 6 nitrogen and oxygen atoms in total. The second-order valence-corrected chi connectivity index (χ2v) is 6.51. The number of benzene rings is 2. The molecule has 0 spiro atoms. The van der Waals surface area contributed by atoms with Crippen LogP contribution in [0.3, 0.4) is 0 Å². The van der Waals surface area contributed by atoms with E-state index in [2.05, 4.69) is 27.5 Å². The van der Waals surface area contributed by atoms with Gasteiger partial charge in [0.05, 0.1) is 35.6 Å². The van der Waals surface area contributed by atoms with Crippen molar-refractivity contribution >= 4 is 29.1 Å². The molecule has 0 aromatic heterocycles. The van der Waals surface area contributed by atoms with Gasteiger partial charge >= 0.3 is 12.3 Å². The van der Waals surface area contributed by atoms with Gasteiger partial charge in [-0.2, -0.15) is 13.2 Å². The quantitative estimate of drug-likeness (QED) is 0.645. The van der Waals surface area contributed by atoms with Gasteiger partial charge in [0.1, 0.15) is 0 Å². The number of amides is 2. The molecule has 3 rings (SSSR count). The highest BCUT2D eigenvalue weighted by Crippen LogP contribution is 2.39. The lowest BCUT2D eigenvalue weighted by Gasteiger charge is -2.13. The molecule has 0 saturated heterocycles. The second kappa shape index (κ2) is 8.29. The van der Waals surface area contributed by atoms with Crippen LogP contribution in [0.15, 0.2) is 41.4 Å². The molecule has 1 aliphatic rings. The first-order valence-electron chi connectivity index (χ1n) is 8.79. The van der Waals surface area contributed by atoms with E-state index in [-0.39, 0.29) is 29.9 Å². The predicted octanol–water partition coefficient (Wildman–Crippen LogP) is 4.10. The lowest BCUT2D eigenvalue weighted by atomic mass is 10.0. The van der Waals surface area contributed by atoms with Gasteiger partial charge in [0.25, 0.3) is 0 Å². The van der Waals surface area contributed by atoms with Crippen molar-refractivity contribution in [3.63, 3.8) is 0 Å². The number of aryl methyl sites for hydroxylation is 1. The number of halogens is 3. The molecule has 0 aliphatic carbocycles. The number of anilines is 1. The summed E-state index contributed by atoms with van der Waals surface area (Å²) >= 11 is 0. The van der Waals surface area contributed by atoms with Crippen LogP contribution in [-0.2, 0) is 11.0 Å². The van der Waals surface area contributed by atoms with E-state index in [1.165, 1.54) is 13.0 Å². The van der Waals surface area contributed by atoms with Crippen LogP contribution in [0.4, 0.5) is 29.3 Å². The summed E-state index contributed by atoms with van der Waals surface area (Å²) in [4.78, 5) is 27.1. The Hall–Kier alpha value is -3.80. The maximum Gasteiger partial charge on any atom is 0.416 e. The second-order valence-electron chi connectivity index (χ2n) is 6.51. The summed E-state index contributed by atoms with van der Waals surface area (Å²) in [6.07, 6.45) is -5.84. The van der Waals surface area contributed by atoms with E-state index < -0.39 is 23.7 Å². The summed E-state index contributed by atoms with van der Waals surface area (Å²) < 4.78 is 39.5. The van der Waals surface area contributed by atoms with Gasteiger partial charge in [0.15, 0.2) is 0 Å². The summed E-state index contributed by atoms with van der Waals surface area (Å²) in [5.41, 5.74) is 0.979. The fourth-order valence-electron chi connectivity index (χ4n) is 2.93. The number of carbonyl (C=O) groups is 2. The van der Waals surface area contributed by atoms with E-state index >= 15 is 0 Å². The highest BCUT2D eigenvalue weighted by Gasteiger charge is 2.34. The van der Waals surface area contributed by atoms with Crippen LogP contribution in [-0.4, -0.2) is 29.4 Å². The molecule has 2 amide bonds. The van der Waals surface area contributed by atoms with Gasteiger partial charge in [-0.25, -0.2) is 4.79 Å². The number of nitrogens with zero attached hydrogens (tertiary/aromatic N) is 1. The van der Waals surface area contributed by atoms with Crippen LogP contribution in [0.5, 0.6) is 0 Å². The minimum atomic E-state index is -4.54. The first kappa shape index (κ1) is 20.9. The van der Waals surface area contributed by atoms with Gasteiger partial charge in [-0.3, -0.25) is 9.79 Å². The van der Waals surface area contributed by atoms with Crippen LogP contribution in [0, 0.1) is 18.8 Å². The normalized spacial score (nSPS) is 13.2. The molecular formula is C21H16F3N3O3. The zero-order valence-electron chi connectivity index (χ0n) is 15.7. The van der Waals surface area contributed by atoms with Crippen molar-refractivity contribution in [1.82, 2.24) is 5.32 Å². The minimum Gasteiger partial charge on any atom is -0.465 e. The van der Waals surface area contributed by atoms with E-state index in [9.17, 15) is 22.8 Å². The van der Waals surface area contributed by atoms with Crippen molar-refractivity contribution in [2.24, 2.45) is 4.99 Å². The average Bonchev–Trinajstić information content (AvgIpc) is 2.81. The summed E-state index contributed by atoms with van der Waals surface area (Å²) in [7, 11) is 0. The number of carboxylic acid groups (broad SMARTS) is 1. The molecule has 0 atom stereocenters. The Kier molecular flexibility index (Phi) is 5.78. The molecule has 0 radical (unpaired) electrons. The van der Waals surface area contributed by atoms with Crippen molar-refractivity contribution in [3.05, 3.63) is 58.7 Å². The van der Waals surface area contributed by atoms with Crippen molar-refractivity contribution in [1.29, 1.82) is 0 Å². The van der Waals surface area contributed by atoms with Crippen molar-refractivity contribution in [3.8, 4) is 11.8 Å². The Labute approximate surface area is 169 Å². The number of hydrogen-bond donors (Lipinski definition) is 3. The average molecular weight is 415 g/mol. The fraction of sp³-hybridized carbons (Fsp3) is 0.190. The summed E-state index contributed by atoms with van der Waals surface area (Å²) in [6.45, 7) is 1.30. The SMILES string of the molecule is Cc1cc2c(cc1C(F)(F)F)NC(=O)CC(c1cccc(C#CCNC(=O)O)c1)=N2. The highest BCUT2D eigenvalue weighted by atomic mass is 19.4. The molecule has 1 aliphatic heterocycles. The van der Waals surface area contributed by atoms with E-state index in [1.54, 1.807) is 24.3 Å². The molecule has 3 N–H and O–H groups in total. The maximum atomic E-state index is 13.2. The molecule has 0 saturated carbocycles. The van der Waals surface area contributed by atoms with Crippen molar-refractivity contribution < 1.29 is 27.9 Å². The zero-order valence-corrected chi connectivity index (χ0v) is 15.7. The lowest BCUT2D eigenvalue weighted by Crippen LogP contribution is -2.20. The molecule has 2 aromatic rings. The van der Waals surface area contributed by atoms with Gasteiger partial charge in [-0.05, 0) is 42.3 Å². The number of hydrogen-bond acceptors (Lipinski definition) is 3. The smallest absolute Gasteiger partial charge is 0.416 e. The third-order valence-electron chi connectivity index (χ3n) is 4.26. The summed E-state index contributed by atoms with van der Waals surface area (Å²) in [5.74, 6) is 4.98. The van der Waals surface area contributed by atoms with Crippen molar-refractivity contribution in [2.45, 2.75) is 19.5 Å². The third kappa shape index (κ3) is 4.97. The number of nitrogens with one attached hydrogen (secondary N) is 2. The topological polar surface area (TPSA) is 90.8 Å². The maximum absolute atomic E-state index is 13.2. The van der Waals surface area contributed by atoms with E-state index in [0.717, 1.165) is 6.07 Å². The number of aliphatic imine (C=N–C) groups is 1. The molecule has 154 valence electrons. The van der Waals surface area contributed by atoms with Crippen LogP contribution < -0.4 is 10.6 Å². The number of carbonyl (C=O) groups excluding carboxylic acids is 1. The Morgan fingerprint density at radius 2 is 2.07 bits per heavy atom. The highest BCUT2D eigenvalue weighted by molar-refractivity contribution is 6.17. The van der Waals surface area contributed by atoms with E-state index in [4.69, 9.17) is 5.11 Å². The Balaban J connectivity index is 1.97. The predicted molar refractivity (Wildman–Crippen MR) is 105 cm³/mol. The fourth-order valence-corrected chi connectivity index (χ4v) is 2.93. The van der Waals surface area contributed by atoms with Crippen molar-refractivity contribution in [2.75, 3.05) is 11.9 Å². The standard InChI is InChI=1S/C21H16F3N3O3/c1-12-8-17-18(10-15(12)21(22,23)24)27-19(28)11-16(26-17)14-6-2-4-13(9-14)5-3-7-25-20(29)30/h2,4,6,8-10,25H,7,11H2,1H3,(H,27,28)(H,29,30). The van der Waals surface area contributed by atoms with Crippen LogP contribution in [0.25, 0.3) is 0 Å². The van der Waals surface area contributed by atoms with Gasteiger partial charge in [-0.1, -0.05) is 24.0 Å². The van der Waals surface area contributed by atoms with Gasteiger partial charge in [-0.15, -0.1) is 0 Å². The molecule has 30 heavy (non-hydrogen) atoms. The van der Waals surface area contributed by atoms with Gasteiger partial charge in [0.2, 0.25) is 5.91 Å². The first-order chi connectivity index (χ1) is 14.1. The van der Waals surface area contributed by atoms with Gasteiger partial charge < -0.3 is 15.7 Å². The zero-order chi connectivity index (χ0) is 21.9. The Bertz CT molecular complexity index is 1110.